The maximum Gasteiger partial charge on any atom is 0.417 e. The molecule has 1 aliphatic rings. The van der Waals surface area contributed by atoms with Gasteiger partial charge in [-0.05, 0) is 54.8 Å². The molecule has 150 valence electrons. The number of nitrogens with zero attached hydrogens (tertiary/aromatic N) is 1. The smallest absolute Gasteiger partial charge is 0.322 e. The number of hydrogen-bond acceptors (Lipinski definition) is 3. The molecule has 28 heavy (non-hydrogen) atoms. The third kappa shape index (κ3) is 4.33. The van der Waals surface area contributed by atoms with E-state index in [0.717, 1.165) is 12.3 Å². The minimum atomic E-state index is -4.56. The predicted octanol–water partition coefficient (Wildman–Crippen LogP) is 4.43. The first-order chi connectivity index (χ1) is 13.0. The normalized spacial score (nSPS) is 14.5. The molecule has 1 heterocycles. The maximum absolute atomic E-state index is 13.0. The van der Waals surface area contributed by atoms with Gasteiger partial charge in [0.05, 0.1) is 17.5 Å². The lowest BCUT2D eigenvalue weighted by Crippen LogP contribution is -2.34. The third-order valence-electron chi connectivity index (χ3n) is 4.35. The number of hydrogen-bond donors (Lipinski definition) is 1. The Morgan fingerprint density at radius 3 is 2.54 bits per heavy atom. The number of carbonyl (C=O) groups is 1. The molecule has 0 bridgehead atoms. The van der Waals surface area contributed by atoms with Crippen molar-refractivity contribution < 1.29 is 26.4 Å². The zero-order chi connectivity index (χ0) is 20.7. The topological polar surface area (TPSA) is 66.5 Å². The van der Waals surface area contributed by atoms with Gasteiger partial charge in [0, 0.05) is 22.3 Å². The van der Waals surface area contributed by atoms with E-state index in [1.54, 1.807) is 12.1 Å². The molecule has 0 saturated heterocycles. The highest BCUT2D eigenvalue weighted by molar-refractivity contribution is 9.10. The Morgan fingerprint density at radius 2 is 1.89 bits per heavy atom. The summed E-state index contributed by atoms with van der Waals surface area (Å²) in [6, 6.07) is 8.02. The van der Waals surface area contributed by atoms with Crippen LogP contribution in [0.5, 0.6) is 0 Å². The Bertz CT molecular complexity index is 1040. The molecular formula is C18H16BrF3N2O3S. The number of alkyl halides is 3. The van der Waals surface area contributed by atoms with Gasteiger partial charge in [0.25, 0.3) is 5.91 Å². The molecule has 10 heteroatoms. The number of aryl methyl sites for hydroxylation is 1. The van der Waals surface area contributed by atoms with E-state index in [1.807, 2.05) is 0 Å². The molecule has 0 radical (unpaired) electrons. The number of benzene rings is 2. The van der Waals surface area contributed by atoms with Crippen LogP contribution < -0.4 is 9.62 Å². The van der Waals surface area contributed by atoms with Crippen LogP contribution in [0.1, 0.15) is 27.9 Å². The molecule has 1 N–H and O–H groups in total. The molecule has 0 atom stereocenters. The lowest BCUT2D eigenvalue weighted by molar-refractivity contribution is -0.138. The summed E-state index contributed by atoms with van der Waals surface area (Å²) in [5.41, 5.74) is 0.588. The van der Waals surface area contributed by atoms with Crippen molar-refractivity contribution >= 4 is 43.2 Å². The Balaban J connectivity index is 1.87. The molecule has 2 aromatic carbocycles. The first-order valence-electron chi connectivity index (χ1n) is 8.25. The van der Waals surface area contributed by atoms with Crippen molar-refractivity contribution in [3.63, 3.8) is 0 Å². The van der Waals surface area contributed by atoms with Crippen LogP contribution in [-0.4, -0.2) is 27.1 Å². The number of amides is 1. The molecule has 2 aromatic rings. The number of fused-ring (bicyclic) bond motifs is 1. The van der Waals surface area contributed by atoms with Gasteiger partial charge >= 0.3 is 6.18 Å². The molecule has 1 amide bonds. The van der Waals surface area contributed by atoms with E-state index >= 15 is 0 Å². The second-order valence-electron chi connectivity index (χ2n) is 6.43. The summed E-state index contributed by atoms with van der Waals surface area (Å²) in [6.45, 7) is 0.372. The van der Waals surface area contributed by atoms with Crippen molar-refractivity contribution in [3.8, 4) is 0 Å². The van der Waals surface area contributed by atoms with E-state index in [-0.39, 0.29) is 15.7 Å². The minimum absolute atomic E-state index is 0.0102. The van der Waals surface area contributed by atoms with Gasteiger partial charge in [-0.3, -0.25) is 9.10 Å². The Labute approximate surface area is 168 Å². The van der Waals surface area contributed by atoms with E-state index < -0.39 is 27.7 Å². The Morgan fingerprint density at radius 1 is 1.18 bits per heavy atom. The van der Waals surface area contributed by atoms with Crippen LogP contribution in [0.4, 0.5) is 24.5 Å². The van der Waals surface area contributed by atoms with Crippen molar-refractivity contribution in [2.45, 2.75) is 19.0 Å². The average molecular weight is 477 g/mol. The second-order valence-corrected chi connectivity index (χ2v) is 9.19. The highest BCUT2D eigenvalue weighted by Gasteiger charge is 2.33. The van der Waals surface area contributed by atoms with Gasteiger partial charge in [-0.15, -0.1) is 0 Å². The highest BCUT2D eigenvalue weighted by atomic mass is 79.9. The first kappa shape index (κ1) is 20.7. The number of halogens is 4. The summed E-state index contributed by atoms with van der Waals surface area (Å²) < 4.78 is 64.0. The SMILES string of the molecule is CS(=O)(=O)N1CCCc2cc(C(=O)Nc3ccc(Br)c(C(F)(F)F)c3)ccc21. The minimum Gasteiger partial charge on any atom is -0.322 e. The van der Waals surface area contributed by atoms with E-state index in [1.165, 1.54) is 22.5 Å². The molecule has 1 aliphatic heterocycles. The van der Waals surface area contributed by atoms with Crippen LogP contribution in [-0.2, 0) is 22.6 Å². The van der Waals surface area contributed by atoms with Crippen LogP contribution in [0.3, 0.4) is 0 Å². The van der Waals surface area contributed by atoms with Crippen molar-refractivity contribution in [2.24, 2.45) is 0 Å². The van der Waals surface area contributed by atoms with E-state index in [9.17, 15) is 26.4 Å². The molecule has 0 fully saturated rings. The van der Waals surface area contributed by atoms with Gasteiger partial charge in [0.1, 0.15) is 0 Å². The predicted molar refractivity (Wildman–Crippen MR) is 104 cm³/mol. The van der Waals surface area contributed by atoms with E-state index in [4.69, 9.17) is 0 Å². The van der Waals surface area contributed by atoms with Gasteiger partial charge in [-0.2, -0.15) is 13.2 Å². The summed E-state index contributed by atoms with van der Waals surface area (Å²) >= 11 is 2.85. The molecule has 0 aliphatic carbocycles. The molecule has 5 nitrogen and oxygen atoms in total. The Kier molecular flexibility index (Phi) is 5.46. The number of anilines is 2. The van der Waals surface area contributed by atoms with E-state index in [2.05, 4.69) is 21.2 Å². The van der Waals surface area contributed by atoms with E-state index in [0.29, 0.717) is 30.6 Å². The largest absolute Gasteiger partial charge is 0.417 e. The molecule has 0 aromatic heterocycles. The molecule has 0 spiro atoms. The monoisotopic (exact) mass is 476 g/mol. The number of sulfonamides is 1. The summed E-state index contributed by atoms with van der Waals surface area (Å²) in [6.07, 6.45) is -2.21. The van der Waals surface area contributed by atoms with Crippen molar-refractivity contribution in [2.75, 3.05) is 22.4 Å². The standard InChI is InChI=1S/C18H16BrF3N2O3S/c1-28(26,27)24-8-2-3-11-9-12(4-7-16(11)24)17(25)23-13-5-6-15(19)14(10-13)18(20,21)22/h4-7,9-10H,2-3,8H2,1H3,(H,23,25). The molecule has 0 unspecified atom stereocenters. The third-order valence-corrected chi connectivity index (χ3v) is 6.22. The number of nitrogens with one attached hydrogen (secondary N) is 1. The Hall–Kier alpha value is -2.07. The van der Waals surface area contributed by atoms with Gasteiger partial charge in [0.2, 0.25) is 10.0 Å². The zero-order valence-electron chi connectivity index (χ0n) is 14.7. The quantitative estimate of drug-likeness (QED) is 0.712. The van der Waals surface area contributed by atoms with Crippen LogP contribution >= 0.6 is 15.9 Å². The second kappa shape index (κ2) is 7.40. The van der Waals surface area contributed by atoms with Gasteiger partial charge in [-0.25, -0.2) is 8.42 Å². The average Bonchev–Trinajstić information content (AvgIpc) is 2.60. The zero-order valence-corrected chi connectivity index (χ0v) is 17.1. The first-order valence-corrected chi connectivity index (χ1v) is 10.9. The number of carbonyl (C=O) groups excluding carboxylic acids is 1. The van der Waals surface area contributed by atoms with Crippen molar-refractivity contribution in [1.29, 1.82) is 0 Å². The van der Waals surface area contributed by atoms with Gasteiger partial charge < -0.3 is 5.32 Å². The summed E-state index contributed by atoms with van der Waals surface area (Å²) in [5.74, 6) is -0.574. The number of rotatable bonds is 3. The fourth-order valence-electron chi connectivity index (χ4n) is 3.07. The lowest BCUT2D eigenvalue weighted by Gasteiger charge is -2.29. The summed E-state index contributed by atoms with van der Waals surface area (Å²) in [7, 11) is -3.42. The van der Waals surface area contributed by atoms with Gasteiger partial charge in [0.15, 0.2) is 0 Å². The lowest BCUT2D eigenvalue weighted by atomic mass is 10.0. The summed E-state index contributed by atoms with van der Waals surface area (Å²) in [5, 5.41) is 2.45. The highest BCUT2D eigenvalue weighted by Crippen LogP contribution is 2.36. The van der Waals surface area contributed by atoms with Crippen molar-refractivity contribution in [1.82, 2.24) is 0 Å². The van der Waals surface area contributed by atoms with Crippen LogP contribution in [0.15, 0.2) is 40.9 Å². The van der Waals surface area contributed by atoms with Crippen LogP contribution in [0.25, 0.3) is 0 Å². The molecular weight excluding hydrogens is 461 g/mol. The summed E-state index contributed by atoms with van der Waals surface area (Å²) in [4.78, 5) is 12.5. The fourth-order valence-corrected chi connectivity index (χ4v) is 4.54. The van der Waals surface area contributed by atoms with Crippen molar-refractivity contribution in [3.05, 3.63) is 57.6 Å². The maximum atomic E-state index is 13.0. The molecule has 0 saturated carbocycles. The fraction of sp³-hybridized carbons (Fsp3) is 0.278. The molecule has 3 rings (SSSR count). The van der Waals surface area contributed by atoms with Gasteiger partial charge in [-0.1, -0.05) is 15.9 Å². The van der Waals surface area contributed by atoms with Crippen LogP contribution in [0.2, 0.25) is 0 Å². The van der Waals surface area contributed by atoms with Crippen LogP contribution in [0, 0.1) is 0 Å².